The van der Waals surface area contributed by atoms with Crippen molar-refractivity contribution in [3.63, 3.8) is 0 Å². The van der Waals surface area contributed by atoms with Crippen LogP contribution in [0.5, 0.6) is 5.75 Å². The average molecular weight is 284 g/mol. The van der Waals surface area contributed by atoms with Gasteiger partial charge in [-0.05, 0) is 49.7 Å². The van der Waals surface area contributed by atoms with Crippen LogP contribution < -0.4 is 14.8 Å². The minimum absolute atomic E-state index is 0.00616. The van der Waals surface area contributed by atoms with Crippen LogP contribution in [0.2, 0.25) is 0 Å². The zero-order valence-corrected chi connectivity index (χ0v) is 12.0. The van der Waals surface area contributed by atoms with Crippen molar-refractivity contribution in [1.82, 2.24) is 10.0 Å². The third-order valence-electron chi connectivity index (χ3n) is 3.46. The highest BCUT2D eigenvalue weighted by Crippen LogP contribution is 2.18. The van der Waals surface area contributed by atoms with E-state index >= 15 is 0 Å². The lowest BCUT2D eigenvalue weighted by Gasteiger charge is -2.29. The van der Waals surface area contributed by atoms with E-state index in [1.54, 1.807) is 31.4 Å². The molecule has 0 radical (unpaired) electrons. The average Bonchev–Trinajstić information content (AvgIpc) is 2.41. The molecule has 0 spiro atoms. The molecule has 1 aromatic rings. The molecule has 0 aliphatic carbocycles. The summed E-state index contributed by atoms with van der Waals surface area (Å²) in [4.78, 5) is 0.277. The topological polar surface area (TPSA) is 67.4 Å². The predicted octanol–water partition coefficient (Wildman–Crippen LogP) is 0.971. The zero-order valence-electron chi connectivity index (χ0n) is 11.2. The largest absolute Gasteiger partial charge is 0.497 e. The van der Waals surface area contributed by atoms with E-state index in [1.165, 1.54) is 0 Å². The molecule has 1 aromatic carbocycles. The maximum Gasteiger partial charge on any atom is 0.240 e. The van der Waals surface area contributed by atoms with Gasteiger partial charge >= 0.3 is 0 Å². The first-order valence-corrected chi connectivity index (χ1v) is 7.88. The van der Waals surface area contributed by atoms with E-state index in [4.69, 9.17) is 4.74 Å². The second-order valence-electron chi connectivity index (χ2n) is 4.87. The lowest BCUT2D eigenvalue weighted by molar-refractivity contribution is 0.328. The molecule has 2 rings (SSSR count). The second-order valence-corrected chi connectivity index (χ2v) is 6.59. The molecule has 5 nitrogen and oxygen atoms in total. The van der Waals surface area contributed by atoms with Crippen LogP contribution >= 0.6 is 0 Å². The quantitative estimate of drug-likeness (QED) is 0.864. The lowest BCUT2D eigenvalue weighted by atomic mass is 9.97. The molecular formula is C13H20N2O3S. The van der Waals surface area contributed by atoms with E-state index in [1.807, 2.05) is 6.92 Å². The van der Waals surface area contributed by atoms with E-state index in [2.05, 4.69) is 10.0 Å². The summed E-state index contributed by atoms with van der Waals surface area (Å²) in [6.07, 6.45) is 0.816. The maximum absolute atomic E-state index is 12.3. The fraction of sp³-hybridized carbons (Fsp3) is 0.538. The van der Waals surface area contributed by atoms with Gasteiger partial charge in [-0.1, -0.05) is 6.92 Å². The van der Waals surface area contributed by atoms with Crippen molar-refractivity contribution in [2.24, 2.45) is 5.92 Å². The summed E-state index contributed by atoms with van der Waals surface area (Å²) in [7, 11) is -1.90. The highest BCUT2D eigenvalue weighted by Gasteiger charge is 2.26. The number of nitrogens with one attached hydrogen (secondary N) is 2. The Labute approximate surface area is 114 Å². The number of hydrogen-bond donors (Lipinski definition) is 2. The molecule has 2 unspecified atom stereocenters. The Bertz CT molecular complexity index is 513. The molecule has 1 aliphatic rings. The van der Waals surface area contributed by atoms with Gasteiger partial charge < -0.3 is 10.1 Å². The molecule has 1 aliphatic heterocycles. The molecule has 1 saturated heterocycles. The molecular weight excluding hydrogens is 264 g/mol. The van der Waals surface area contributed by atoms with Crippen LogP contribution in [0.15, 0.2) is 29.2 Å². The number of hydrogen-bond acceptors (Lipinski definition) is 4. The number of ether oxygens (including phenoxy) is 1. The van der Waals surface area contributed by atoms with Gasteiger partial charge in [-0.3, -0.25) is 0 Å². The van der Waals surface area contributed by atoms with Gasteiger partial charge in [-0.15, -0.1) is 0 Å². The highest BCUT2D eigenvalue weighted by molar-refractivity contribution is 7.89. The van der Waals surface area contributed by atoms with Gasteiger partial charge in [-0.2, -0.15) is 0 Å². The van der Waals surface area contributed by atoms with E-state index in [0.29, 0.717) is 11.7 Å². The SMILES string of the molecule is COc1ccc(S(=O)(=O)NC2CCNCC2C)cc1. The number of methoxy groups -OCH3 is 1. The minimum Gasteiger partial charge on any atom is -0.497 e. The third kappa shape index (κ3) is 3.46. The van der Waals surface area contributed by atoms with Crippen LogP contribution in [0.4, 0.5) is 0 Å². The fourth-order valence-electron chi connectivity index (χ4n) is 2.21. The molecule has 2 atom stereocenters. The number of piperidine rings is 1. The van der Waals surface area contributed by atoms with Crippen molar-refractivity contribution >= 4 is 10.0 Å². The van der Waals surface area contributed by atoms with Crippen LogP contribution in [0.25, 0.3) is 0 Å². The molecule has 106 valence electrons. The number of sulfonamides is 1. The van der Waals surface area contributed by atoms with Gasteiger partial charge in [0, 0.05) is 6.04 Å². The van der Waals surface area contributed by atoms with Crippen molar-refractivity contribution in [1.29, 1.82) is 0 Å². The number of benzene rings is 1. The van der Waals surface area contributed by atoms with Crippen LogP contribution in [0.1, 0.15) is 13.3 Å². The van der Waals surface area contributed by atoms with Gasteiger partial charge in [0.1, 0.15) is 5.75 Å². The molecule has 19 heavy (non-hydrogen) atoms. The van der Waals surface area contributed by atoms with E-state index in [0.717, 1.165) is 19.5 Å². The molecule has 2 N–H and O–H groups in total. The Morgan fingerprint density at radius 2 is 2.00 bits per heavy atom. The Balaban J connectivity index is 2.12. The van der Waals surface area contributed by atoms with Crippen LogP contribution in [-0.4, -0.2) is 34.7 Å². The van der Waals surface area contributed by atoms with Crippen molar-refractivity contribution in [3.8, 4) is 5.75 Å². The van der Waals surface area contributed by atoms with Crippen LogP contribution in [-0.2, 0) is 10.0 Å². The van der Waals surface area contributed by atoms with Gasteiger partial charge in [0.25, 0.3) is 0 Å². The molecule has 0 aromatic heterocycles. The molecule has 6 heteroatoms. The standard InChI is InChI=1S/C13H20N2O3S/c1-10-9-14-8-7-13(10)15-19(16,17)12-5-3-11(18-2)4-6-12/h3-6,10,13-15H,7-9H2,1-2H3. The van der Waals surface area contributed by atoms with Crippen LogP contribution in [0.3, 0.4) is 0 Å². The van der Waals surface area contributed by atoms with Crippen molar-refractivity contribution in [3.05, 3.63) is 24.3 Å². The molecule has 0 amide bonds. The van der Waals surface area contributed by atoms with Gasteiger partial charge in [-0.25, -0.2) is 13.1 Å². The Kier molecular flexibility index (Phi) is 4.44. The summed E-state index contributed by atoms with van der Waals surface area (Å²) >= 11 is 0. The Hall–Kier alpha value is -1.11. The molecule has 1 heterocycles. The predicted molar refractivity (Wildman–Crippen MR) is 73.8 cm³/mol. The molecule has 0 saturated carbocycles. The van der Waals surface area contributed by atoms with Crippen LogP contribution in [0, 0.1) is 5.92 Å². The summed E-state index contributed by atoms with van der Waals surface area (Å²) in [6.45, 7) is 3.74. The van der Waals surface area contributed by atoms with E-state index in [-0.39, 0.29) is 10.9 Å². The first-order valence-electron chi connectivity index (χ1n) is 6.40. The Morgan fingerprint density at radius 1 is 1.32 bits per heavy atom. The van der Waals surface area contributed by atoms with E-state index < -0.39 is 10.0 Å². The lowest BCUT2D eigenvalue weighted by Crippen LogP contribution is -2.48. The monoisotopic (exact) mass is 284 g/mol. The molecule has 0 bridgehead atoms. The van der Waals surface area contributed by atoms with Gasteiger partial charge in [0.2, 0.25) is 10.0 Å². The van der Waals surface area contributed by atoms with Gasteiger partial charge in [0.05, 0.1) is 12.0 Å². The smallest absolute Gasteiger partial charge is 0.240 e. The first kappa shape index (κ1) is 14.3. The zero-order chi connectivity index (χ0) is 13.9. The Morgan fingerprint density at radius 3 is 2.58 bits per heavy atom. The third-order valence-corrected chi connectivity index (χ3v) is 4.97. The summed E-state index contributed by atoms with van der Waals surface area (Å²) < 4.78 is 32.4. The molecule has 1 fully saturated rings. The van der Waals surface area contributed by atoms with Gasteiger partial charge in [0.15, 0.2) is 0 Å². The van der Waals surface area contributed by atoms with Crippen molar-refractivity contribution in [2.75, 3.05) is 20.2 Å². The first-order chi connectivity index (χ1) is 9.03. The normalized spacial score (nSPS) is 24.1. The summed E-state index contributed by atoms with van der Waals surface area (Å²) in [6, 6.07) is 6.43. The van der Waals surface area contributed by atoms with Crippen molar-refractivity contribution in [2.45, 2.75) is 24.3 Å². The number of rotatable bonds is 4. The summed E-state index contributed by atoms with van der Waals surface area (Å²) in [5.74, 6) is 0.941. The van der Waals surface area contributed by atoms with E-state index in [9.17, 15) is 8.42 Å². The minimum atomic E-state index is -3.45. The van der Waals surface area contributed by atoms with Crippen molar-refractivity contribution < 1.29 is 13.2 Å². The summed E-state index contributed by atoms with van der Waals surface area (Å²) in [5, 5.41) is 3.25. The maximum atomic E-state index is 12.3. The second kappa shape index (κ2) is 5.90. The summed E-state index contributed by atoms with van der Waals surface area (Å²) in [5.41, 5.74) is 0. The fourth-order valence-corrected chi connectivity index (χ4v) is 3.59. The highest BCUT2D eigenvalue weighted by atomic mass is 32.2.